The third-order valence-corrected chi connectivity index (χ3v) is 7.14. The average Bonchev–Trinajstić information content (AvgIpc) is 2.96. The highest BCUT2D eigenvalue weighted by atomic mass is 35.5. The Morgan fingerprint density at radius 1 is 1.02 bits per heavy atom. The van der Waals surface area contributed by atoms with Crippen LogP contribution in [0.2, 0.25) is 5.02 Å². The number of nitrogens with zero attached hydrogens (tertiary/aromatic N) is 2. The maximum absolute atomic E-state index is 13.7. The summed E-state index contributed by atoms with van der Waals surface area (Å²) in [5.41, 5.74) is 3.47. The Kier molecular flexibility index (Phi) is 7.98. The molecule has 0 spiro atoms. The number of halogens is 1. The number of rotatable bonds is 8. The monoisotopic (exact) mass is 570 g/mol. The van der Waals surface area contributed by atoms with Gasteiger partial charge >= 0.3 is 0 Å². The fraction of sp³-hybridized carbons (Fsp3) is 0.194. The van der Waals surface area contributed by atoms with E-state index in [2.05, 4.69) is 15.7 Å². The lowest BCUT2D eigenvalue weighted by Gasteiger charge is -2.21. The summed E-state index contributed by atoms with van der Waals surface area (Å²) in [5, 5.41) is 10.6. The minimum atomic E-state index is -1.03. The smallest absolute Gasteiger partial charge is 0.268 e. The summed E-state index contributed by atoms with van der Waals surface area (Å²) in [4.78, 5) is 51.4. The van der Waals surface area contributed by atoms with E-state index >= 15 is 0 Å². The number of carbonyl (C=O) groups excluding carboxylic acids is 3. The lowest BCUT2D eigenvalue weighted by molar-refractivity contribution is -0.119. The molecule has 5 rings (SSSR count). The predicted octanol–water partition coefficient (Wildman–Crippen LogP) is 5.08. The van der Waals surface area contributed by atoms with E-state index in [1.807, 2.05) is 36.4 Å². The third-order valence-electron chi connectivity index (χ3n) is 6.91. The highest BCUT2D eigenvalue weighted by molar-refractivity contribution is 6.31. The van der Waals surface area contributed by atoms with Crippen molar-refractivity contribution in [1.82, 2.24) is 9.78 Å². The van der Waals surface area contributed by atoms with Gasteiger partial charge in [0.15, 0.2) is 5.78 Å². The van der Waals surface area contributed by atoms with Crippen molar-refractivity contribution in [2.24, 2.45) is 0 Å². The number of methoxy groups -OCH3 is 1. The van der Waals surface area contributed by atoms with Crippen LogP contribution in [0.4, 0.5) is 11.4 Å². The number of ether oxygens (including phenoxy) is 1. The van der Waals surface area contributed by atoms with Crippen LogP contribution in [0, 0.1) is 0 Å². The minimum Gasteiger partial charge on any atom is -0.480 e. The van der Waals surface area contributed by atoms with Gasteiger partial charge in [-0.05, 0) is 66.4 Å². The van der Waals surface area contributed by atoms with Gasteiger partial charge in [-0.25, -0.2) is 4.68 Å². The number of hydrogen-bond donors (Lipinski definition) is 2. The van der Waals surface area contributed by atoms with Crippen LogP contribution in [-0.4, -0.2) is 34.5 Å². The molecule has 2 amide bonds. The summed E-state index contributed by atoms with van der Waals surface area (Å²) >= 11 is 6.22. The first-order valence-corrected chi connectivity index (χ1v) is 13.4. The lowest BCUT2D eigenvalue weighted by atomic mass is 9.98. The van der Waals surface area contributed by atoms with Gasteiger partial charge in [0.25, 0.3) is 5.56 Å². The van der Waals surface area contributed by atoms with Crippen LogP contribution in [0.5, 0.6) is 5.88 Å². The quantitative estimate of drug-likeness (QED) is 0.285. The number of fused-ring (bicyclic) bond motifs is 1. The molecule has 9 nitrogen and oxygen atoms in total. The van der Waals surface area contributed by atoms with E-state index in [-0.39, 0.29) is 29.6 Å². The van der Waals surface area contributed by atoms with E-state index in [0.717, 1.165) is 15.8 Å². The van der Waals surface area contributed by atoms with Gasteiger partial charge in [-0.3, -0.25) is 19.2 Å². The van der Waals surface area contributed by atoms with E-state index in [1.165, 1.54) is 20.1 Å². The van der Waals surface area contributed by atoms with Gasteiger partial charge in [-0.15, -0.1) is 5.10 Å². The number of Topliss-reactive ketones (excluding diaryl/α,β-unsaturated/α-hetero) is 1. The number of hydrogen-bond acceptors (Lipinski definition) is 6. The van der Waals surface area contributed by atoms with Crippen molar-refractivity contribution in [1.29, 1.82) is 0 Å². The van der Waals surface area contributed by atoms with Gasteiger partial charge in [-0.2, -0.15) is 0 Å². The van der Waals surface area contributed by atoms with Crippen LogP contribution in [0.15, 0.2) is 77.6 Å². The molecule has 2 heterocycles. The lowest BCUT2D eigenvalue weighted by Crippen LogP contribution is -2.36. The second-order valence-electron chi connectivity index (χ2n) is 9.71. The van der Waals surface area contributed by atoms with Crippen molar-refractivity contribution in [2.45, 2.75) is 32.2 Å². The van der Waals surface area contributed by atoms with Crippen LogP contribution < -0.4 is 20.9 Å². The Hall–Kier alpha value is -4.76. The highest BCUT2D eigenvalue weighted by Gasteiger charge is 2.27. The summed E-state index contributed by atoms with van der Waals surface area (Å²) in [6.45, 7) is 1.42. The van der Waals surface area contributed by atoms with Gasteiger partial charge in [0.2, 0.25) is 17.7 Å². The molecule has 0 bridgehead atoms. The number of amides is 2. The molecular formula is C31H27ClN4O5. The Morgan fingerprint density at radius 3 is 2.54 bits per heavy atom. The molecule has 1 unspecified atom stereocenters. The van der Waals surface area contributed by atoms with Gasteiger partial charge in [0.1, 0.15) is 6.04 Å². The number of aromatic nitrogens is 2. The van der Waals surface area contributed by atoms with Crippen molar-refractivity contribution in [2.75, 3.05) is 17.7 Å². The van der Waals surface area contributed by atoms with Crippen molar-refractivity contribution in [3.8, 4) is 17.0 Å². The number of benzene rings is 3. The van der Waals surface area contributed by atoms with Crippen LogP contribution in [-0.2, 0) is 22.4 Å². The SMILES string of the molecule is COc1nn(C(Cc2ccccc2)C(=O)Nc2ccc3c(c2)CCC(=O)N3)c(=O)cc1-c1cc(Cl)ccc1C(C)=O. The summed E-state index contributed by atoms with van der Waals surface area (Å²) in [6.07, 6.45) is 1.10. The molecule has 1 aliphatic rings. The molecule has 0 radical (unpaired) electrons. The maximum Gasteiger partial charge on any atom is 0.268 e. The summed E-state index contributed by atoms with van der Waals surface area (Å²) in [7, 11) is 1.40. The Bertz CT molecular complexity index is 1720. The largest absolute Gasteiger partial charge is 0.480 e. The van der Waals surface area contributed by atoms with E-state index in [1.54, 1.807) is 30.3 Å². The molecule has 10 heteroatoms. The second-order valence-corrected chi connectivity index (χ2v) is 10.1. The third kappa shape index (κ3) is 6.05. The van der Waals surface area contributed by atoms with Crippen LogP contribution in [0.25, 0.3) is 11.1 Å². The molecule has 208 valence electrons. The highest BCUT2D eigenvalue weighted by Crippen LogP contribution is 2.33. The van der Waals surface area contributed by atoms with Gasteiger partial charge in [-0.1, -0.05) is 41.9 Å². The van der Waals surface area contributed by atoms with Crippen molar-refractivity contribution in [3.05, 3.63) is 105 Å². The van der Waals surface area contributed by atoms with Crippen molar-refractivity contribution in [3.63, 3.8) is 0 Å². The Labute approximate surface area is 241 Å². The summed E-state index contributed by atoms with van der Waals surface area (Å²) < 4.78 is 6.65. The standard InChI is InChI=1S/C31H27ClN4O5/c1-18(37)23-11-9-21(32)16-24(23)25-17-29(39)36(35-31(25)41-2)27(14-19-6-4-3-5-7-19)30(40)33-22-10-12-26-20(15-22)8-13-28(38)34-26/h3-7,9-12,15-17,27H,8,13-14H2,1-2H3,(H,33,40)(H,34,38). The molecule has 0 aliphatic carbocycles. The van der Waals surface area contributed by atoms with E-state index in [9.17, 15) is 19.2 Å². The zero-order valence-electron chi connectivity index (χ0n) is 22.4. The molecule has 2 N–H and O–H groups in total. The maximum atomic E-state index is 13.7. The summed E-state index contributed by atoms with van der Waals surface area (Å²) in [5.74, 6) is -0.655. The topological polar surface area (TPSA) is 119 Å². The molecule has 0 saturated carbocycles. The first kappa shape index (κ1) is 27.8. The number of anilines is 2. The predicted molar refractivity (Wildman–Crippen MR) is 157 cm³/mol. The number of nitrogens with one attached hydrogen (secondary N) is 2. The van der Waals surface area contributed by atoms with Crippen molar-refractivity contribution < 1.29 is 19.1 Å². The summed E-state index contributed by atoms with van der Waals surface area (Å²) in [6, 6.07) is 19.6. The molecule has 0 fully saturated rings. The zero-order valence-corrected chi connectivity index (χ0v) is 23.2. The number of carbonyl (C=O) groups is 3. The Balaban J connectivity index is 1.55. The van der Waals surface area contributed by atoms with Crippen molar-refractivity contribution >= 4 is 40.6 Å². The molecule has 1 aromatic heterocycles. The average molecular weight is 571 g/mol. The zero-order chi connectivity index (χ0) is 29.1. The molecule has 4 aromatic rings. The van der Waals surface area contributed by atoms with E-state index in [0.29, 0.717) is 40.4 Å². The molecular weight excluding hydrogens is 544 g/mol. The minimum absolute atomic E-state index is 0.0479. The Morgan fingerprint density at radius 2 is 1.80 bits per heavy atom. The van der Waals surface area contributed by atoms with Crippen LogP contribution in [0.1, 0.15) is 40.9 Å². The van der Waals surface area contributed by atoms with E-state index < -0.39 is 17.5 Å². The first-order valence-electron chi connectivity index (χ1n) is 13.0. The van der Waals surface area contributed by atoms with Gasteiger partial charge < -0.3 is 15.4 Å². The van der Waals surface area contributed by atoms with Gasteiger partial charge in [0, 0.05) is 40.9 Å². The molecule has 41 heavy (non-hydrogen) atoms. The number of aryl methyl sites for hydroxylation is 1. The van der Waals surface area contributed by atoms with Gasteiger partial charge in [0.05, 0.1) is 12.7 Å². The van der Waals surface area contributed by atoms with Crippen LogP contribution in [0.3, 0.4) is 0 Å². The number of ketones is 1. The fourth-order valence-corrected chi connectivity index (χ4v) is 5.05. The second kappa shape index (κ2) is 11.8. The first-order chi connectivity index (χ1) is 19.7. The molecule has 3 aromatic carbocycles. The normalized spacial score (nSPS) is 13.1. The molecule has 0 saturated heterocycles. The fourth-order valence-electron chi connectivity index (χ4n) is 4.88. The van der Waals surface area contributed by atoms with E-state index in [4.69, 9.17) is 16.3 Å². The molecule has 1 aliphatic heterocycles. The molecule has 1 atom stereocenters. The van der Waals surface area contributed by atoms with Crippen LogP contribution >= 0.6 is 11.6 Å².